The van der Waals surface area contributed by atoms with Gasteiger partial charge in [-0.3, -0.25) is 4.57 Å². The molecular formula is C48H35N5O. The fourth-order valence-electron chi connectivity index (χ4n) is 7.52. The van der Waals surface area contributed by atoms with Gasteiger partial charge in [0.15, 0.2) is 17.5 Å². The Labute approximate surface area is 312 Å². The fraction of sp³-hybridized carbons (Fsp3) is 0.0833. The maximum Gasteiger partial charge on any atom is 0.165 e. The Balaban J connectivity index is 1.06. The summed E-state index contributed by atoms with van der Waals surface area (Å²) in [4.78, 5) is 19.7. The summed E-state index contributed by atoms with van der Waals surface area (Å²) in [5, 5.41) is 4.64. The van der Waals surface area contributed by atoms with Crippen molar-refractivity contribution in [3.05, 3.63) is 163 Å². The maximum atomic E-state index is 6.45. The van der Waals surface area contributed by atoms with Gasteiger partial charge in [0.2, 0.25) is 0 Å². The lowest BCUT2D eigenvalue weighted by Gasteiger charge is -2.10. The van der Waals surface area contributed by atoms with E-state index in [2.05, 4.69) is 102 Å². The molecule has 10 aromatic rings. The van der Waals surface area contributed by atoms with Gasteiger partial charge in [-0.05, 0) is 72.0 Å². The van der Waals surface area contributed by atoms with E-state index in [4.69, 9.17) is 24.4 Å². The van der Waals surface area contributed by atoms with Gasteiger partial charge in [0.25, 0.3) is 0 Å². The first kappa shape index (κ1) is 31.8. The van der Waals surface area contributed by atoms with Crippen molar-refractivity contribution >= 4 is 43.7 Å². The predicted molar refractivity (Wildman–Crippen MR) is 220 cm³/mol. The standard InChI is InChI=1S/C48H35N5O/c1-2-3-12-31-19-23-39-40-25-21-35(29-44(40)54-43(39)27-31)34-20-24-38-37-17-10-11-18-41(37)53(42(38)28-34)45-26-22-36(30-49-45)48-51-46(32-13-6-4-7-14-32)50-47(52-48)33-15-8-5-9-16-33/h4-11,13-30H,2-3,12H2,1H3. The van der Waals surface area contributed by atoms with Gasteiger partial charge in [-0.25, -0.2) is 19.9 Å². The van der Waals surface area contributed by atoms with Crippen LogP contribution in [0.1, 0.15) is 25.3 Å². The number of rotatable bonds is 8. The van der Waals surface area contributed by atoms with Crippen LogP contribution >= 0.6 is 0 Å². The van der Waals surface area contributed by atoms with Gasteiger partial charge in [0, 0.05) is 44.4 Å². The van der Waals surface area contributed by atoms with Crippen LogP contribution in [0.15, 0.2) is 162 Å². The van der Waals surface area contributed by atoms with Gasteiger partial charge in [0.05, 0.1) is 11.0 Å². The molecule has 258 valence electrons. The zero-order valence-corrected chi connectivity index (χ0v) is 29.8. The first-order valence-corrected chi connectivity index (χ1v) is 18.5. The number of pyridine rings is 1. The second-order valence-corrected chi connectivity index (χ2v) is 13.8. The van der Waals surface area contributed by atoms with Crippen molar-refractivity contribution in [3.8, 4) is 51.1 Å². The summed E-state index contributed by atoms with van der Waals surface area (Å²) in [6, 6.07) is 52.6. The number of aryl methyl sites for hydroxylation is 1. The van der Waals surface area contributed by atoms with Crippen LogP contribution in [0.5, 0.6) is 0 Å². The average Bonchev–Trinajstić information content (AvgIpc) is 3.78. The SMILES string of the molecule is CCCCc1ccc2c(c1)oc1cc(-c3ccc4c5ccccc5n(-c5ccc(-c6nc(-c7ccccc7)nc(-c7ccccc7)n6)cn5)c4c3)ccc12. The van der Waals surface area contributed by atoms with E-state index in [1.807, 2.05) is 66.9 Å². The van der Waals surface area contributed by atoms with E-state index >= 15 is 0 Å². The highest BCUT2D eigenvalue weighted by Gasteiger charge is 2.17. The summed E-state index contributed by atoms with van der Waals surface area (Å²) in [5.74, 6) is 2.63. The molecule has 0 bridgehead atoms. The second kappa shape index (κ2) is 13.2. The van der Waals surface area contributed by atoms with Crippen molar-refractivity contribution in [2.24, 2.45) is 0 Å². The minimum Gasteiger partial charge on any atom is -0.456 e. The molecule has 6 nitrogen and oxygen atoms in total. The Morgan fingerprint density at radius 3 is 1.74 bits per heavy atom. The van der Waals surface area contributed by atoms with Gasteiger partial charge >= 0.3 is 0 Å². The molecule has 10 rings (SSSR count). The maximum absolute atomic E-state index is 6.45. The van der Waals surface area contributed by atoms with Crippen molar-refractivity contribution in [2.75, 3.05) is 0 Å². The highest BCUT2D eigenvalue weighted by Crippen LogP contribution is 2.37. The quantitative estimate of drug-likeness (QED) is 0.158. The fourth-order valence-corrected chi connectivity index (χ4v) is 7.52. The van der Waals surface area contributed by atoms with Crippen LogP contribution in [-0.2, 0) is 6.42 Å². The van der Waals surface area contributed by atoms with E-state index in [0.29, 0.717) is 17.5 Å². The third-order valence-corrected chi connectivity index (χ3v) is 10.3. The van der Waals surface area contributed by atoms with Crippen LogP contribution in [0, 0.1) is 0 Å². The van der Waals surface area contributed by atoms with Gasteiger partial charge in [0.1, 0.15) is 17.0 Å². The summed E-state index contributed by atoms with van der Waals surface area (Å²) < 4.78 is 8.69. The number of nitrogens with zero attached hydrogens (tertiary/aromatic N) is 5. The minimum atomic E-state index is 0.574. The number of unbranched alkanes of at least 4 members (excludes halogenated alkanes) is 1. The van der Waals surface area contributed by atoms with E-state index in [9.17, 15) is 0 Å². The molecule has 4 aromatic heterocycles. The molecule has 0 aliphatic heterocycles. The molecule has 0 aliphatic carbocycles. The van der Waals surface area contributed by atoms with Gasteiger partial charge in [-0.2, -0.15) is 0 Å². The van der Waals surface area contributed by atoms with Crippen LogP contribution in [-0.4, -0.2) is 24.5 Å². The molecule has 0 saturated carbocycles. The van der Waals surface area contributed by atoms with E-state index in [-0.39, 0.29) is 0 Å². The first-order chi connectivity index (χ1) is 26.7. The highest BCUT2D eigenvalue weighted by molar-refractivity contribution is 6.10. The molecule has 0 aliphatic rings. The zero-order valence-electron chi connectivity index (χ0n) is 29.8. The molecular weight excluding hydrogens is 663 g/mol. The topological polar surface area (TPSA) is 69.6 Å². The molecule has 0 atom stereocenters. The summed E-state index contributed by atoms with van der Waals surface area (Å²) in [5.41, 5.74) is 10.2. The molecule has 0 unspecified atom stereocenters. The molecule has 4 heterocycles. The van der Waals surface area contributed by atoms with Crippen LogP contribution in [0.3, 0.4) is 0 Å². The van der Waals surface area contributed by atoms with E-state index < -0.39 is 0 Å². The molecule has 6 heteroatoms. The summed E-state index contributed by atoms with van der Waals surface area (Å²) >= 11 is 0. The molecule has 0 N–H and O–H groups in total. The lowest BCUT2D eigenvalue weighted by Crippen LogP contribution is -2.01. The summed E-state index contributed by atoms with van der Waals surface area (Å²) in [7, 11) is 0. The average molecular weight is 698 g/mol. The Kier molecular flexibility index (Phi) is 7.80. The van der Waals surface area contributed by atoms with Crippen LogP contribution < -0.4 is 0 Å². The smallest absolute Gasteiger partial charge is 0.165 e. The van der Waals surface area contributed by atoms with Crippen molar-refractivity contribution in [2.45, 2.75) is 26.2 Å². The van der Waals surface area contributed by atoms with Crippen molar-refractivity contribution in [3.63, 3.8) is 0 Å². The molecule has 0 amide bonds. The summed E-state index contributed by atoms with van der Waals surface area (Å²) in [6.07, 6.45) is 5.29. The van der Waals surface area contributed by atoms with Crippen LogP contribution in [0.2, 0.25) is 0 Å². The number of hydrogen-bond donors (Lipinski definition) is 0. The third kappa shape index (κ3) is 5.60. The van der Waals surface area contributed by atoms with Gasteiger partial charge in [-0.1, -0.05) is 123 Å². The van der Waals surface area contributed by atoms with E-state index in [0.717, 1.165) is 73.0 Å². The minimum absolute atomic E-state index is 0.574. The molecule has 0 saturated heterocycles. The first-order valence-electron chi connectivity index (χ1n) is 18.5. The number of hydrogen-bond acceptors (Lipinski definition) is 5. The molecule has 6 aromatic carbocycles. The third-order valence-electron chi connectivity index (χ3n) is 10.3. The van der Waals surface area contributed by atoms with Crippen molar-refractivity contribution in [1.82, 2.24) is 24.5 Å². The second-order valence-electron chi connectivity index (χ2n) is 13.8. The molecule has 0 fully saturated rings. The predicted octanol–water partition coefficient (Wildman–Crippen LogP) is 12.3. The Hall–Kier alpha value is -6.92. The molecule has 0 spiro atoms. The normalized spacial score (nSPS) is 11.6. The van der Waals surface area contributed by atoms with Crippen molar-refractivity contribution < 1.29 is 4.42 Å². The molecule has 0 radical (unpaired) electrons. The summed E-state index contributed by atoms with van der Waals surface area (Å²) in [6.45, 7) is 2.23. The number of fused-ring (bicyclic) bond motifs is 6. The van der Waals surface area contributed by atoms with E-state index in [1.165, 1.54) is 29.2 Å². The van der Waals surface area contributed by atoms with Gasteiger partial charge in [-0.15, -0.1) is 0 Å². The van der Waals surface area contributed by atoms with E-state index in [1.54, 1.807) is 0 Å². The lowest BCUT2D eigenvalue weighted by molar-refractivity contribution is 0.667. The Bertz CT molecular complexity index is 2910. The molecule has 54 heavy (non-hydrogen) atoms. The number of para-hydroxylation sites is 1. The monoisotopic (exact) mass is 697 g/mol. The lowest BCUT2D eigenvalue weighted by atomic mass is 10.0. The number of aromatic nitrogens is 5. The van der Waals surface area contributed by atoms with Crippen LogP contribution in [0.25, 0.3) is 94.9 Å². The Morgan fingerprint density at radius 2 is 1.06 bits per heavy atom. The number of benzene rings is 6. The zero-order chi connectivity index (χ0) is 36.0. The van der Waals surface area contributed by atoms with Crippen molar-refractivity contribution in [1.29, 1.82) is 0 Å². The highest BCUT2D eigenvalue weighted by atomic mass is 16.3. The van der Waals surface area contributed by atoms with Crippen LogP contribution in [0.4, 0.5) is 0 Å². The largest absolute Gasteiger partial charge is 0.456 e. The number of furan rings is 1. The van der Waals surface area contributed by atoms with Gasteiger partial charge < -0.3 is 4.42 Å². The Morgan fingerprint density at radius 1 is 0.481 bits per heavy atom.